The summed E-state index contributed by atoms with van der Waals surface area (Å²) in [7, 11) is 0. The van der Waals surface area contributed by atoms with Crippen LogP contribution in [0.1, 0.15) is 33.6 Å². The highest BCUT2D eigenvalue weighted by Gasteiger charge is 2.25. The molecule has 12 heteroatoms. The molecule has 0 radical (unpaired) electrons. The molecule has 2 N–H and O–H groups in total. The van der Waals surface area contributed by atoms with Crippen LogP contribution in [0, 0.1) is 11.3 Å². The fourth-order valence-corrected chi connectivity index (χ4v) is 2.01. The first kappa shape index (κ1) is 28.0. The second kappa shape index (κ2) is 15.8. The maximum Gasteiger partial charge on any atom is 0.408 e. The number of amides is 2. The number of nitrogens with zero attached hydrogens (tertiary/aromatic N) is 4. The normalized spacial score (nSPS) is 12.0. The average molecular weight is 448 g/mol. The van der Waals surface area contributed by atoms with Crippen LogP contribution < -0.4 is 10.6 Å². The van der Waals surface area contributed by atoms with E-state index in [9.17, 15) is 14.4 Å². The van der Waals surface area contributed by atoms with Gasteiger partial charge in [-0.05, 0) is 45.2 Å². The van der Waals surface area contributed by atoms with Gasteiger partial charge in [0, 0.05) is 17.2 Å². The third-order valence-corrected chi connectivity index (χ3v) is 3.26. The van der Waals surface area contributed by atoms with Crippen LogP contribution in [0.5, 0.6) is 0 Å². The molecule has 0 aliphatic heterocycles. The zero-order chi connectivity index (χ0) is 24.4. The van der Waals surface area contributed by atoms with Crippen molar-refractivity contribution in [2.24, 2.45) is 5.11 Å². The van der Waals surface area contributed by atoms with Gasteiger partial charge in [-0.1, -0.05) is 29.9 Å². The molecule has 0 aromatic rings. The largest absolute Gasteiger partial charge is 0.449 e. The van der Waals surface area contributed by atoms with Crippen molar-refractivity contribution in [3.8, 4) is 6.07 Å². The predicted molar refractivity (Wildman–Crippen MR) is 115 cm³/mol. The Morgan fingerprint density at radius 2 is 2.00 bits per heavy atom. The lowest BCUT2D eigenvalue weighted by atomic mass is 10.1. The number of hydrogen-bond acceptors (Lipinski definition) is 8. The van der Waals surface area contributed by atoms with Crippen molar-refractivity contribution in [2.45, 2.75) is 45.3 Å². The van der Waals surface area contributed by atoms with E-state index in [1.54, 1.807) is 32.9 Å². The lowest BCUT2D eigenvalue weighted by Crippen LogP contribution is -2.44. The van der Waals surface area contributed by atoms with Crippen LogP contribution in [-0.4, -0.2) is 49.6 Å². The highest BCUT2D eigenvalue weighted by molar-refractivity contribution is 5.81. The number of nitrogens with one attached hydrogen (secondary N) is 2. The molecular weight excluding hydrogens is 420 g/mol. The average Bonchev–Trinajstić information content (AvgIpc) is 2.71. The predicted octanol–water partition coefficient (Wildman–Crippen LogP) is 3.39. The molecular formula is C20H28N6O6. The summed E-state index contributed by atoms with van der Waals surface area (Å²) in [5.74, 6) is -0.789. The smallest absolute Gasteiger partial charge is 0.408 e. The third-order valence-electron chi connectivity index (χ3n) is 3.26. The van der Waals surface area contributed by atoms with Crippen LogP contribution >= 0.6 is 0 Å². The molecule has 0 unspecified atom stereocenters. The van der Waals surface area contributed by atoms with Crippen LogP contribution in [-0.2, 0) is 19.0 Å². The lowest BCUT2D eigenvalue weighted by molar-refractivity contribution is -0.144. The molecule has 0 saturated carbocycles. The summed E-state index contributed by atoms with van der Waals surface area (Å²) in [5, 5.41) is 16.9. The molecule has 0 bridgehead atoms. The molecule has 0 aromatic carbocycles. The highest BCUT2D eigenvalue weighted by atomic mass is 16.6. The van der Waals surface area contributed by atoms with Crippen LogP contribution in [0.25, 0.3) is 10.4 Å². The summed E-state index contributed by atoms with van der Waals surface area (Å²) in [6.07, 6.45) is 4.84. The number of hydrogen-bond donors (Lipinski definition) is 2. The Morgan fingerprint density at radius 3 is 2.59 bits per heavy atom. The monoisotopic (exact) mass is 448 g/mol. The maximum atomic E-state index is 12.1. The maximum absolute atomic E-state index is 12.1. The van der Waals surface area contributed by atoms with E-state index in [1.165, 1.54) is 18.2 Å². The molecule has 12 nitrogen and oxygen atoms in total. The topological polar surface area (TPSA) is 176 Å². The van der Waals surface area contributed by atoms with Gasteiger partial charge in [0.1, 0.15) is 24.3 Å². The molecule has 0 rings (SSSR count). The van der Waals surface area contributed by atoms with Crippen molar-refractivity contribution in [2.75, 3.05) is 19.8 Å². The van der Waals surface area contributed by atoms with Crippen molar-refractivity contribution in [3.63, 3.8) is 0 Å². The molecule has 0 aliphatic carbocycles. The fraction of sp³-hybridized carbons (Fsp3) is 0.500. The molecule has 0 fully saturated rings. The SMILES string of the molecule is C=C/C=C\C(=C\COC(=O)NCCC[C@H](NC(=O)OC(C)(C)C)C(=O)OCC#N)N=[N+]=[N-]. The molecule has 1 atom stereocenters. The minimum Gasteiger partial charge on any atom is -0.449 e. The number of carbonyl (C=O) groups is 3. The van der Waals surface area contributed by atoms with Gasteiger partial charge < -0.3 is 24.8 Å². The molecule has 0 heterocycles. The zero-order valence-corrected chi connectivity index (χ0v) is 18.4. The summed E-state index contributed by atoms with van der Waals surface area (Å²) in [5.41, 5.74) is 7.98. The van der Waals surface area contributed by atoms with Crippen molar-refractivity contribution >= 4 is 18.2 Å². The Hall–Kier alpha value is -3.97. The molecule has 174 valence electrons. The first-order chi connectivity index (χ1) is 15.1. The van der Waals surface area contributed by atoms with Gasteiger partial charge in [-0.15, -0.1) is 0 Å². The van der Waals surface area contributed by atoms with E-state index in [0.717, 1.165) is 0 Å². The molecule has 0 aromatic heterocycles. The van der Waals surface area contributed by atoms with Gasteiger partial charge in [0.15, 0.2) is 6.61 Å². The van der Waals surface area contributed by atoms with Gasteiger partial charge in [0.25, 0.3) is 0 Å². The number of alkyl carbamates (subject to hydrolysis) is 2. The van der Waals surface area contributed by atoms with Crippen LogP contribution in [0.4, 0.5) is 9.59 Å². The first-order valence-corrected chi connectivity index (χ1v) is 9.61. The number of carbonyl (C=O) groups excluding carboxylic acids is 3. The number of rotatable bonds is 12. The van der Waals surface area contributed by atoms with E-state index < -0.39 is 36.4 Å². The quantitative estimate of drug-likeness (QED) is 0.0874. The molecule has 32 heavy (non-hydrogen) atoms. The number of azide groups is 1. The van der Waals surface area contributed by atoms with Crippen LogP contribution in [0.3, 0.4) is 0 Å². The summed E-state index contributed by atoms with van der Waals surface area (Å²) in [4.78, 5) is 38.4. The number of ether oxygens (including phenoxy) is 3. The standard InChI is InChI=1S/C20H28N6O6/c1-5-6-8-15(25-26-22)10-13-31-18(28)23-12-7-9-16(17(27)30-14-11-21)24-19(29)32-20(2,3)4/h5-6,8,10,16H,1,7,9,12-14H2,2-4H3,(H,23,28)(H,24,29)/b8-6-,15-10-/t16-/m0/s1. The van der Waals surface area contributed by atoms with E-state index in [-0.39, 0.29) is 25.3 Å². The van der Waals surface area contributed by atoms with E-state index in [4.69, 9.17) is 25.0 Å². The summed E-state index contributed by atoms with van der Waals surface area (Å²) in [6.45, 7) is 8.06. The molecule has 0 saturated heterocycles. The minimum absolute atomic E-state index is 0.122. The highest BCUT2D eigenvalue weighted by Crippen LogP contribution is 2.08. The van der Waals surface area contributed by atoms with Crippen molar-refractivity contribution < 1.29 is 28.6 Å². The molecule has 0 spiro atoms. The summed E-state index contributed by atoms with van der Waals surface area (Å²) >= 11 is 0. The second-order valence-corrected chi connectivity index (χ2v) is 7.05. The minimum atomic E-state index is -1.05. The lowest BCUT2D eigenvalue weighted by Gasteiger charge is -2.22. The Bertz CT molecular complexity index is 802. The van der Waals surface area contributed by atoms with Crippen LogP contribution in [0.15, 0.2) is 41.7 Å². The van der Waals surface area contributed by atoms with Gasteiger partial charge in [-0.3, -0.25) is 0 Å². The van der Waals surface area contributed by atoms with Crippen LogP contribution in [0.2, 0.25) is 0 Å². The van der Waals surface area contributed by atoms with Crippen molar-refractivity contribution in [3.05, 3.63) is 47.0 Å². The molecule has 0 aliphatic rings. The summed E-state index contributed by atoms with van der Waals surface area (Å²) in [6, 6.07) is 0.619. The van der Waals surface area contributed by atoms with Gasteiger partial charge in [-0.2, -0.15) is 5.26 Å². The molecule has 2 amide bonds. The first-order valence-electron chi connectivity index (χ1n) is 9.61. The van der Waals surface area contributed by atoms with Gasteiger partial charge in [-0.25, -0.2) is 14.4 Å². The number of allylic oxidation sites excluding steroid dienone is 3. The van der Waals surface area contributed by atoms with Gasteiger partial charge in [0.2, 0.25) is 0 Å². The third kappa shape index (κ3) is 14.9. The van der Waals surface area contributed by atoms with Gasteiger partial charge in [0.05, 0.1) is 0 Å². The number of nitriles is 1. The van der Waals surface area contributed by atoms with E-state index >= 15 is 0 Å². The van der Waals surface area contributed by atoms with E-state index in [1.807, 2.05) is 0 Å². The van der Waals surface area contributed by atoms with Crippen molar-refractivity contribution in [1.29, 1.82) is 5.26 Å². The van der Waals surface area contributed by atoms with Gasteiger partial charge >= 0.3 is 18.2 Å². The van der Waals surface area contributed by atoms with E-state index in [2.05, 4.69) is 27.2 Å². The Kier molecular flexibility index (Phi) is 13.9. The second-order valence-electron chi connectivity index (χ2n) is 7.05. The van der Waals surface area contributed by atoms with E-state index in [0.29, 0.717) is 6.42 Å². The Balaban J connectivity index is 4.59. The summed E-state index contributed by atoms with van der Waals surface area (Å²) < 4.78 is 14.8. The zero-order valence-electron chi connectivity index (χ0n) is 18.4. The number of esters is 1. The van der Waals surface area contributed by atoms with Crippen molar-refractivity contribution in [1.82, 2.24) is 10.6 Å². The fourth-order valence-electron chi connectivity index (χ4n) is 2.01. The Morgan fingerprint density at radius 1 is 1.28 bits per heavy atom. The Labute approximate surface area is 186 Å².